The van der Waals surface area contributed by atoms with Crippen LogP contribution in [0.3, 0.4) is 0 Å². The van der Waals surface area contributed by atoms with Gasteiger partial charge in [0.15, 0.2) is 0 Å². The van der Waals surface area contributed by atoms with Crippen molar-refractivity contribution in [2.45, 2.75) is 37.6 Å². The number of aryl methyl sites for hydroxylation is 1. The SMILES string of the molecule is Cn1cc(CN2CCOC[C@@]3(CC[C@@H](Cn4cccn4)O3)C2)cn1. The first-order chi connectivity index (χ1) is 11.7. The van der Waals surface area contributed by atoms with E-state index in [1.807, 2.05) is 41.1 Å². The summed E-state index contributed by atoms with van der Waals surface area (Å²) in [4.78, 5) is 2.43. The van der Waals surface area contributed by atoms with Crippen LogP contribution in [0, 0.1) is 0 Å². The molecule has 2 aliphatic heterocycles. The number of aromatic nitrogens is 4. The summed E-state index contributed by atoms with van der Waals surface area (Å²) in [5.41, 5.74) is 1.05. The van der Waals surface area contributed by atoms with Gasteiger partial charge < -0.3 is 9.47 Å². The van der Waals surface area contributed by atoms with Crippen molar-refractivity contribution in [3.8, 4) is 0 Å². The Morgan fingerprint density at radius 3 is 3.12 bits per heavy atom. The second kappa shape index (κ2) is 6.66. The number of hydrogen-bond donors (Lipinski definition) is 0. The molecule has 130 valence electrons. The van der Waals surface area contributed by atoms with Crippen LogP contribution in [0.4, 0.5) is 0 Å². The highest BCUT2D eigenvalue weighted by atomic mass is 16.6. The molecular weight excluding hydrogens is 306 g/mol. The molecule has 2 aromatic rings. The molecule has 0 bridgehead atoms. The molecule has 24 heavy (non-hydrogen) atoms. The van der Waals surface area contributed by atoms with Gasteiger partial charge in [0.05, 0.1) is 32.1 Å². The third-order valence-corrected chi connectivity index (χ3v) is 4.88. The molecule has 2 atom stereocenters. The maximum absolute atomic E-state index is 6.47. The number of hydrogen-bond acceptors (Lipinski definition) is 5. The molecule has 0 radical (unpaired) electrons. The fourth-order valence-corrected chi connectivity index (χ4v) is 3.79. The lowest BCUT2D eigenvalue weighted by molar-refractivity contribution is -0.0904. The lowest BCUT2D eigenvalue weighted by Gasteiger charge is -2.31. The molecule has 0 aromatic carbocycles. The van der Waals surface area contributed by atoms with Crippen LogP contribution >= 0.6 is 0 Å². The molecule has 0 unspecified atom stereocenters. The molecule has 2 aliphatic rings. The zero-order valence-corrected chi connectivity index (χ0v) is 14.2. The van der Waals surface area contributed by atoms with Gasteiger partial charge in [0.1, 0.15) is 5.60 Å². The van der Waals surface area contributed by atoms with Gasteiger partial charge in [-0.15, -0.1) is 0 Å². The summed E-state index contributed by atoms with van der Waals surface area (Å²) in [5.74, 6) is 0. The Balaban J connectivity index is 1.40. The van der Waals surface area contributed by atoms with Gasteiger partial charge in [-0.2, -0.15) is 10.2 Å². The smallest absolute Gasteiger partial charge is 0.105 e. The molecule has 0 aliphatic carbocycles. The Labute approximate surface area is 142 Å². The second-order valence-corrected chi connectivity index (χ2v) is 6.98. The normalized spacial score (nSPS) is 28.5. The molecule has 0 amide bonds. The molecule has 0 N–H and O–H groups in total. The van der Waals surface area contributed by atoms with Gasteiger partial charge in [-0.3, -0.25) is 14.3 Å². The highest BCUT2D eigenvalue weighted by Gasteiger charge is 2.43. The van der Waals surface area contributed by atoms with E-state index < -0.39 is 0 Å². The summed E-state index contributed by atoms with van der Waals surface area (Å²) in [7, 11) is 1.95. The molecule has 1 spiro atoms. The Hall–Kier alpha value is -1.70. The number of ether oxygens (including phenoxy) is 2. The van der Waals surface area contributed by atoms with E-state index in [4.69, 9.17) is 9.47 Å². The maximum atomic E-state index is 6.47. The predicted molar refractivity (Wildman–Crippen MR) is 88.4 cm³/mol. The summed E-state index contributed by atoms with van der Waals surface area (Å²) in [6, 6.07) is 1.95. The average Bonchev–Trinajstić information content (AvgIpc) is 3.25. The summed E-state index contributed by atoms with van der Waals surface area (Å²) >= 11 is 0. The first kappa shape index (κ1) is 15.8. The minimum Gasteiger partial charge on any atom is -0.377 e. The van der Waals surface area contributed by atoms with Crippen LogP contribution in [0.5, 0.6) is 0 Å². The van der Waals surface area contributed by atoms with Crippen molar-refractivity contribution < 1.29 is 9.47 Å². The van der Waals surface area contributed by atoms with Crippen molar-refractivity contribution in [1.29, 1.82) is 0 Å². The standard InChI is InChI=1S/C17H25N5O2/c1-20-10-15(9-19-20)11-21-7-8-23-14-17(13-21)4-3-16(24-17)12-22-6-2-5-18-22/h2,5-6,9-10,16H,3-4,7-8,11-14H2,1H3/t16-,17+/m0/s1. The van der Waals surface area contributed by atoms with E-state index in [1.165, 1.54) is 5.56 Å². The van der Waals surface area contributed by atoms with Gasteiger partial charge in [0.25, 0.3) is 0 Å². The van der Waals surface area contributed by atoms with Crippen LogP contribution in [-0.2, 0) is 29.6 Å². The van der Waals surface area contributed by atoms with Gasteiger partial charge in [0, 0.05) is 50.8 Å². The van der Waals surface area contributed by atoms with E-state index >= 15 is 0 Å². The lowest BCUT2D eigenvalue weighted by atomic mass is 10.00. The van der Waals surface area contributed by atoms with E-state index in [-0.39, 0.29) is 11.7 Å². The molecular formula is C17H25N5O2. The minimum atomic E-state index is -0.184. The highest BCUT2D eigenvalue weighted by Crippen LogP contribution is 2.34. The third-order valence-electron chi connectivity index (χ3n) is 4.88. The van der Waals surface area contributed by atoms with Crippen molar-refractivity contribution >= 4 is 0 Å². The van der Waals surface area contributed by atoms with Gasteiger partial charge in [-0.1, -0.05) is 0 Å². The minimum absolute atomic E-state index is 0.184. The van der Waals surface area contributed by atoms with Gasteiger partial charge in [-0.25, -0.2) is 0 Å². The zero-order valence-electron chi connectivity index (χ0n) is 14.2. The first-order valence-electron chi connectivity index (χ1n) is 8.64. The molecule has 0 saturated carbocycles. The summed E-state index contributed by atoms with van der Waals surface area (Å²) in [6.45, 7) is 5.01. The quantitative estimate of drug-likeness (QED) is 0.839. The second-order valence-electron chi connectivity index (χ2n) is 6.98. The van der Waals surface area contributed by atoms with E-state index in [2.05, 4.69) is 21.3 Å². The fraction of sp³-hybridized carbons (Fsp3) is 0.647. The van der Waals surface area contributed by atoms with Crippen molar-refractivity contribution in [3.05, 3.63) is 36.4 Å². The molecule has 7 heteroatoms. The van der Waals surface area contributed by atoms with Crippen LogP contribution in [0.1, 0.15) is 18.4 Å². The summed E-state index contributed by atoms with van der Waals surface area (Å²) in [6.07, 6.45) is 10.1. The largest absolute Gasteiger partial charge is 0.377 e. The van der Waals surface area contributed by atoms with Crippen LogP contribution in [0.15, 0.2) is 30.9 Å². The summed E-state index contributed by atoms with van der Waals surface area (Å²) in [5, 5.41) is 8.56. The molecule has 7 nitrogen and oxygen atoms in total. The first-order valence-corrected chi connectivity index (χ1v) is 8.64. The molecule has 4 rings (SSSR count). The molecule has 4 heterocycles. The highest BCUT2D eigenvalue weighted by molar-refractivity contribution is 5.04. The molecule has 2 fully saturated rings. The van der Waals surface area contributed by atoms with Gasteiger partial charge in [-0.05, 0) is 18.9 Å². The lowest BCUT2D eigenvalue weighted by Crippen LogP contribution is -2.44. The van der Waals surface area contributed by atoms with E-state index in [0.29, 0.717) is 6.61 Å². The van der Waals surface area contributed by atoms with E-state index in [0.717, 1.165) is 45.6 Å². The Morgan fingerprint density at radius 2 is 2.33 bits per heavy atom. The van der Waals surface area contributed by atoms with Crippen molar-refractivity contribution in [3.63, 3.8) is 0 Å². The molecule has 2 aromatic heterocycles. The van der Waals surface area contributed by atoms with Crippen LogP contribution < -0.4 is 0 Å². The summed E-state index contributed by atoms with van der Waals surface area (Å²) < 4.78 is 16.2. The monoisotopic (exact) mass is 331 g/mol. The average molecular weight is 331 g/mol. The van der Waals surface area contributed by atoms with Gasteiger partial charge in [0.2, 0.25) is 0 Å². The van der Waals surface area contributed by atoms with Crippen LogP contribution in [0.25, 0.3) is 0 Å². The third kappa shape index (κ3) is 3.53. The zero-order chi connectivity index (χ0) is 16.4. The van der Waals surface area contributed by atoms with Crippen molar-refractivity contribution in [1.82, 2.24) is 24.5 Å². The maximum Gasteiger partial charge on any atom is 0.105 e. The Bertz CT molecular complexity index is 656. The van der Waals surface area contributed by atoms with Gasteiger partial charge >= 0.3 is 0 Å². The number of rotatable bonds is 4. The van der Waals surface area contributed by atoms with Crippen molar-refractivity contribution in [2.24, 2.45) is 7.05 Å². The topological polar surface area (TPSA) is 57.3 Å². The van der Waals surface area contributed by atoms with Crippen LogP contribution in [-0.4, -0.2) is 62.5 Å². The fourth-order valence-electron chi connectivity index (χ4n) is 3.79. The van der Waals surface area contributed by atoms with Crippen LogP contribution in [0.2, 0.25) is 0 Å². The Morgan fingerprint density at radius 1 is 1.38 bits per heavy atom. The predicted octanol–water partition coefficient (Wildman–Crippen LogP) is 1.07. The van der Waals surface area contributed by atoms with E-state index in [1.54, 1.807) is 0 Å². The Kier molecular flexibility index (Phi) is 4.39. The van der Waals surface area contributed by atoms with Crippen molar-refractivity contribution in [2.75, 3.05) is 26.3 Å². The molecule has 2 saturated heterocycles. The van der Waals surface area contributed by atoms with E-state index in [9.17, 15) is 0 Å². The number of nitrogens with zero attached hydrogens (tertiary/aromatic N) is 5.